The number of fused-ring (bicyclic) bond motifs is 1. The van der Waals surface area contributed by atoms with Gasteiger partial charge >= 0.3 is 0 Å². The van der Waals surface area contributed by atoms with Gasteiger partial charge in [-0.05, 0) is 24.5 Å². The molecular weight excluding hydrogens is 348 g/mol. The van der Waals surface area contributed by atoms with Crippen LogP contribution in [0.4, 0.5) is 0 Å². The Kier molecular flexibility index (Phi) is 4.16. The first kappa shape index (κ1) is 16.8. The van der Waals surface area contributed by atoms with Crippen molar-refractivity contribution in [3.8, 4) is 0 Å². The second kappa shape index (κ2) is 5.95. The monoisotopic (exact) mass is 370 g/mol. The van der Waals surface area contributed by atoms with Gasteiger partial charge in [-0.3, -0.25) is 4.90 Å². The summed E-state index contributed by atoms with van der Waals surface area (Å²) < 4.78 is 31.9. The van der Waals surface area contributed by atoms with Gasteiger partial charge in [-0.2, -0.15) is 0 Å². The summed E-state index contributed by atoms with van der Waals surface area (Å²) >= 11 is 6.29. The fourth-order valence-electron chi connectivity index (χ4n) is 4.80. The van der Waals surface area contributed by atoms with Gasteiger partial charge in [-0.25, -0.2) is 13.1 Å². The van der Waals surface area contributed by atoms with E-state index in [-0.39, 0.29) is 17.6 Å². The van der Waals surface area contributed by atoms with Crippen LogP contribution in [-0.4, -0.2) is 50.9 Å². The third kappa shape index (κ3) is 2.99. The van der Waals surface area contributed by atoms with E-state index < -0.39 is 10.0 Å². The number of hydrogen-bond donors (Lipinski definition) is 1. The van der Waals surface area contributed by atoms with Gasteiger partial charge in [0.15, 0.2) is 0 Å². The molecule has 24 heavy (non-hydrogen) atoms. The summed E-state index contributed by atoms with van der Waals surface area (Å²) in [6.45, 7) is 3.15. The number of nitrogens with zero attached hydrogens (tertiary/aromatic N) is 1. The van der Waals surface area contributed by atoms with Crippen molar-refractivity contribution < 1.29 is 13.2 Å². The Hall–Kier alpha value is -0.660. The number of nitrogens with one attached hydrogen (secondary N) is 1. The molecule has 7 heteroatoms. The van der Waals surface area contributed by atoms with Crippen molar-refractivity contribution in [3.63, 3.8) is 0 Å². The van der Waals surface area contributed by atoms with Crippen LogP contribution in [0.1, 0.15) is 18.4 Å². The molecule has 4 rings (SSSR count). The normalized spacial score (nSPS) is 35.5. The van der Waals surface area contributed by atoms with E-state index >= 15 is 0 Å². The van der Waals surface area contributed by atoms with E-state index in [0.717, 1.165) is 43.1 Å². The molecule has 1 aromatic rings. The zero-order valence-corrected chi connectivity index (χ0v) is 15.3. The summed E-state index contributed by atoms with van der Waals surface area (Å²) in [7, 11) is -3.16. The van der Waals surface area contributed by atoms with Crippen molar-refractivity contribution >= 4 is 21.6 Å². The van der Waals surface area contributed by atoms with Crippen molar-refractivity contribution in [2.45, 2.75) is 31.1 Å². The van der Waals surface area contributed by atoms with Crippen LogP contribution < -0.4 is 4.72 Å². The van der Waals surface area contributed by atoms with Crippen LogP contribution in [0.5, 0.6) is 0 Å². The number of ether oxygens (including phenoxy) is 1. The highest BCUT2D eigenvalue weighted by atomic mass is 35.5. The Morgan fingerprint density at radius 2 is 2.21 bits per heavy atom. The third-order valence-corrected chi connectivity index (χ3v) is 6.85. The minimum Gasteiger partial charge on any atom is -0.370 e. The quantitative estimate of drug-likeness (QED) is 0.859. The summed E-state index contributed by atoms with van der Waals surface area (Å²) in [5.41, 5.74) is 1.05. The molecular formula is C17H23ClN2O3S. The topological polar surface area (TPSA) is 58.6 Å². The van der Waals surface area contributed by atoms with E-state index in [9.17, 15) is 8.42 Å². The Morgan fingerprint density at radius 3 is 2.96 bits per heavy atom. The maximum Gasteiger partial charge on any atom is 0.208 e. The standard InChI is InChI=1S/C17H23ClN2O3S/c1-24(21,22)19-8-13-14-10-20(9-12-4-2-3-5-15(12)18)11-17(14)7-6-16(13)23-17/h2-5,13-14,16,19H,6-11H2,1H3/t13-,14+,16+,17+/m0/s1. The van der Waals surface area contributed by atoms with E-state index in [1.807, 2.05) is 18.2 Å². The lowest BCUT2D eigenvalue weighted by Crippen LogP contribution is -2.41. The van der Waals surface area contributed by atoms with Gasteiger partial charge in [0.2, 0.25) is 10.0 Å². The molecule has 0 amide bonds. The number of sulfonamides is 1. The number of hydrogen-bond acceptors (Lipinski definition) is 4. The Balaban J connectivity index is 1.48. The average molecular weight is 371 g/mol. The maximum atomic E-state index is 11.5. The fourth-order valence-corrected chi connectivity index (χ4v) is 5.49. The van der Waals surface area contributed by atoms with Crippen LogP contribution in [0.3, 0.4) is 0 Å². The van der Waals surface area contributed by atoms with Crippen LogP contribution >= 0.6 is 11.6 Å². The summed E-state index contributed by atoms with van der Waals surface area (Å²) in [4.78, 5) is 2.40. The third-order valence-electron chi connectivity index (χ3n) is 5.79. The molecule has 0 aromatic heterocycles. The Morgan fingerprint density at radius 1 is 1.42 bits per heavy atom. The summed E-state index contributed by atoms with van der Waals surface area (Å²) in [5.74, 6) is 0.665. The molecule has 132 valence electrons. The number of halogens is 1. The van der Waals surface area contributed by atoms with E-state index in [2.05, 4.69) is 15.7 Å². The van der Waals surface area contributed by atoms with Crippen molar-refractivity contribution in [1.29, 1.82) is 0 Å². The smallest absolute Gasteiger partial charge is 0.208 e. The van der Waals surface area contributed by atoms with Crippen LogP contribution in [0.2, 0.25) is 5.02 Å². The van der Waals surface area contributed by atoms with Crippen molar-refractivity contribution in [3.05, 3.63) is 34.9 Å². The zero-order valence-electron chi connectivity index (χ0n) is 13.7. The molecule has 1 spiro atoms. The lowest BCUT2D eigenvalue weighted by Gasteiger charge is -2.29. The first-order valence-corrected chi connectivity index (χ1v) is 10.7. The van der Waals surface area contributed by atoms with E-state index in [1.165, 1.54) is 6.26 Å². The lowest BCUT2D eigenvalue weighted by atomic mass is 9.74. The number of rotatable bonds is 5. The van der Waals surface area contributed by atoms with Gasteiger partial charge in [0.05, 0.1) is 18.0 Å². The minimum atomic E-state index is -3.16. The Labute approximate surface area is 148 Å². The van der Waals surface area contributed by atoms with Gasteiger partial charge in [-0.1, -0.05) is 29.8 Å². The van der Waals surface area contributed by atoms with Crippen LogP contribution in [0, 0.1) is 11.8 Å². The van der Waals surface area contributed by atoms with E-state index in [4.69, 9.17) is 16.3 Å². The summed E-state index contributed by atoms with van der Waals surface area (Å²) in [5, 5.41) is 0.799. The first-order valence-electron chi connectivity index (χ1n) is 8.44. The van der Waals surface area contributed by atoms with Gasteiger partial charge in [0.25, 0.3) is 0 Å². The fraction of sp³-hybridized carbons (Fsp3) is 0.647. The molecule has 1 aromatic carbocycles. The molecule has 0 saturated carbocycles. The molecule has 4 atom stereocenters. The predicted octanol–water partition coefficient (Wildman–Crippen LogP) is 1.87. The highest BCUT2D eigenvalue weighted by molar-refractivity contribution is 7.88. The van der Waals surface area contributed by atoms with Gasteiger partial charge in [-0.15, -0.1) is 0 Å². The Bertz CT molecular complexity index is 741. The van der Waals surface area contributed by atoms with Crippen LogP contribution in [0.25, 0.3) is 0 Å². The van der Waals surface area contributed by atoms with Crippen molar-refractivity contribution in [2.75, 3.05) is 25.9 Å². The summed E-state index contributed by atoms with van der Waals surface area (Å²) in [6.07, 6.45) is 3.53. The van der Waals surface area contributed by atoms with Gasteiger partial charge in [0.1, 0.15) is 0 Å². The average Bonchev–Trinajstić information content (AvgIpc) is 3.14. The highest BCUT2D eigenvalue weighted by Gasteiger charge is 2.62. The van der Waals surface area contributed by atoms with E-state index in [1.54, 1.807) is 0 Å². The lowest BCUT2D eigenvalue weighted by molar-refractivity contribution is 0.00220. The first-order chi connectivity index (χ1) is 11.4. The molecule has 0 radical (unpaired) electrons. The molecule has 0 unspecified atom stereocenters. The van der Waals surface area contributed by atoms with Crippen LogP contribution in [-0.2, 0) is 21.3 Å². The highest BCUT2D eigenvalue weighted by Crippen LogP contribution is 2.54. The van der Waals surface area contributed by atoms with Gasteiger partial charge in [0, 0.05) is 43.0 Å². The molecule has 1 N–H and O–H groups in total. The summed E-state index contributed by atoms with van der Waals surface area (Å²) in [6, 6.07) is 7.94. The minimum absolute atomic E-state index is 0.0875. The SMILES string of the molecule is CS(=O)(=O)NC[C@H]1[C@H]2CN(Cc3ccccc3Cl)C[C@]23CC[C@H]1O3. The molecule has 3 heterocycles. The molecule has 3 saturated heterocycles. The maximum absolute atomic E-state index is 11.5. The second-order valence-corrected chi connectivity index (χ2v) is 9.65. The molecule has 0 aliphatic carbocycles. The molecule has 2 bridgehead atoms. The van der Waals surface area contributed by atoms with Crippen LogP contribution in [0.15, 0.2) is 24.3 Å². The van der Waals surface area contributed by atoms with Gasteiger partial charge < -0.3 is 4.74 Å². The molecule has 3 fully saturated rings. The largest absolute Gasteiger partial charge is 0.370 e. The van der Waals surface area contributed by atoms with E-state index in [0.29, 0.717) is 12.5 Å². The second-order valence-electron chi connectivity index (χ2n) is 7.41. The zero-order chi connectivity index (χ0) is 16.9. The molecule has 5 nitrogen and oxygen atoms in total. The predicted molar refractivity (Wildman–Crippen MR) is 93.4 cm³/mol. The number of likely N-dealkylation sites (tertiary alicyclic amines) is 1. The number of benzene rings is 1. The van der Waals surface area contributed by atoms with Crippen molar-refractivity contribution in [1.82, 2.24) is 9.62 Å². The van der Waals surface area contributed by atoms with Crippen molar-refractivity contribution in [2.24, 2.45) is 11.8 Å². The molecule has 3 aliphatic heterocycles. The molecule has 3 aliphatic rings.